The van der Waals surface area contributed by atoms with Gasteiger partial charge < -0.3 is 5.32 Å². The second kappa shape index (κ2) is 5.78. The van der Waals surface area contributed by atoms with E-state index in [9.17, 15) is 0 Å². The van der Waals surface area contributed by atoms with Gasteiger partial charge in [-0.25, -0.2) is 0 Å². The van der Waals surface area contributed by atoms with E-state index < -0.39 is 0 Å². The predicted molar refractivity (Wildman–Crippen MR) is 75.4 cm³/mol. The molecule has 0 aliphatic heterocycles. The molecule has 1 aromatic carbocycles. The van der Waals surface area contributed by atoms with Crippen LogP contribution in [0.5, 0.6) is 0 Å². The van der Waals surface area contributed by atoms with Crippen molar-refractivity contribution in [2.75, 3.05) is 0 Å². The van der Waals surface area contributed by atoms with E-state index in [1.807, 2.05) is 18.3 Å². The molecule has 0 amide bonds. The van der Waals surface area contributed by atoms with Gasteiger partial charge in [0.15, 0.2) is 0 Å². The molecule has 2 rings (SSSR count). The molecule has 0 bridgehead atoms. The molecule has 0 aliphatic carbocycles. The van der Waals surface area contributed by atoms with Crippen LogP contribution in [-0.4, -0.2) is 4.98 Å². The molecule has 2 heteroatoms. The van der Waals surface area contributed by atoms with Crippen LogP contribution in [0.1, 0.15) is 35.3 Å². The SMILES string of the molecule is Cc1cccc(C)c1CN[C@H](C)c1ccccn1. The molecule has 0 unspecified atom stereocenters. The average Bonchev–Trinajstić information content (AvgIpc) is 2.39. The molecule has 94 valence electrons. The van der Waals surface area contributed by atoms with Gasteiger partial charge in [0.05, 0.1) is 5.69 Å². The number of aromatic nitrogens is 1. The molecule has 0 aliphatic rings. The lowest BCUT2D eigenvalue weighted by Crippen LogP contribution is -2.20. The molecule has 1 heterocycles. The third-order valence-electron chi connectivity index (χ3n) is 3.36. The van der Waals surface area contributed by atoms with E-state index in [0.29, 0.717) is 0 Å². The predicted octanol–water partition coefficient (Wildman–Crippen LogP) is 3.55. The minimum Gasteiger partial charge on any atom is -0.305 e. The van der Waals surface area contributed by atoms with E-state index in [1.165, 1.54) is 16.7 Å². The zero-order valence-electron chi connectivity index (χ0n) is 11.3. The Bertz CT molecular complexity index is 486. The lowest BCUT2D eigenvalue weighted by atomic mass is 10.0. The summed E-state index contributed by atoms with van der Waals surface area (Å²) in [6.07, 6.45) is 1.84. The molecule has 0 radical (unpaired) electrons. The monoisotopic (exact) mass is 240 g/mol. The van der Waals surface area contributed by atoms with Crippen molar-refractivity contribution in [3.63, 3.8) is 0 Å². The van der Waals surface area contributed by atoms with Gasteiger partial charge in [-0.05, 0) is 49.6 Å². The fraction of sp³-hybridized carbons (Fsp3) is 0.312. The second-order valence-corrected chi connectivity index (χ2v) is 4.73. The topological polar surface area (TPSA) is 24.9 Å². The number of hydrogen-bond donors (Lipinski definition) is 1. The molecule has 0 fully saturated rings. The fourth-order valence-electron chi connectivity index (χ4n) is 2.12. The van der Waals surface area contributed by atoms with Crippen molar-refractivity contribution in [1.29, 1.82) is 0 Å². The van der Waals surface area contributed by atoms with Crippen LogP contribution in [0, 0.1) is 13.8 Å². The molecule has 2 aromatic rings. The van der Waals surface area contributed by atoms with Gasteiger partial charge in [0.1, 0.15) is 0 Å². The first kappa shape index (κ1) is 12.8. The first-order chi connectivity index (χ1) is 8.68. The molecule has 1 N–H and O–H groups in total. The van der Waals surface area contributed by atoms with Gasteiger partial charge in [-0.2, -0.15) is 0 Å². The number of benzene rings is 1. The van der Waals surface area contributed by atoms with Crippen molar-refractivity contribution >= 4 is 0 Å². The summed E-state index contributed by atoms with van der Waals surface area (Å²) < 4.78 is 0. The largest absolute Gasteiger partial charge is 0.305 e. The normalized spacial score (nSPS) is 12.4. The lowest BCUT2D eigenvalue weighted by Gasteiger charge is -2.16. The van der Waals surface area contributed by atoms with Crippen LogP contribution in [0.15, 0.2) is 42.6 Å². The van der Waals surface area contributed by atoms with Crippen LogP contribution >= 0.6 is 0 Å². The molecular formula is C16H20N2. The van der Waals surface area contributed by atoms with Gasteiger partial charge in [-0.15, -0.1) is 0 Å². The molecule has 2 nitrogen and oxygen atoms in total. The Morgan fingerprint density at radius 1 is 1.06 bits per heavy atom. The highest BCUT2D eigenvalue weighted by atomic mass is 14.9. The Kier molecular flexibility index (Phi) is 4.11. The van der Waals surface area contributed by atoms with E-state index in [0.717, 1.165) is 12.2 Å². The first-order valence-corrected chi connectivity index (χ1v) is 6.38. The van der Waals surface area contributed by atoms with Crippen molar-refractivity contribution in [2.24, 2.45) is 0 Å². The maximum absolute atomic E-state index is 4.37. The van der Waals surface area contributed by atoms with Crippen molar-refractivity contribution in [2.45, 2.75) is 33.4 Å². The Hall–Kier alpha value is -1.67. The summed E-state index contributed by atoms with van der Waals surface area (Å²) in [7, 11) is 0. The molecule has 1 atom stereocenters. The Labute approximate surface area is 109 Å². The van der Waals surface area contributed by atoms with Crippen molar-refractivity contribution in [3.05, 3.63) is 65.0 Å². The summed E-state index contributed by atoms with van der Waals surface area (Å²) >= 11 is 0. The number of pyridine rings is 1. The minimum atomic E-state index is 0.269. The maximum Gasteiger partial charge on any atom is 0.0570 e. The van der Waals surface area contributed by atoms with E-state index in [1.54, 1.807) is 0 Å². The summed E-state index contributed by atoms with van der Waals surface area (Å²) in [5.41, 5.74) is 5.16. The quantitative estimate of drug-likeness (QED) is 0.884. The Morgan fingerprint density at radius 2 is 1.78 bits per heavy atom. The van der Waals surface area contributed by atoms with Gasteiger partial charge in [0.25, 0.3) is 0 Å². The highest BCUT2D eigenvalue weighted by molar-refractivity contribution is 5.33. The highest BCUT2D eigenvalue weighted by Crippen LogP contribution is 2.15. The van der Waals surface area contributed by atoms with Gasteiger partial charge in [0, 0.05) is 18.8 Å². The van der Waals surface area contributed by atoms with Crippen LogP contribution in [0.4, 0.5) is 0 Å². The van der Waals surface area contributed by atoms with Crippen LogP contribution in [-0.2, 0) is 6.54 Å². The molecule has 0 saturated carbocycles. The number of nitrogens with zero attached hydrogens (tertiary/aromatic N) is 1. The number of rotatable bonds is 4. The highest BCUT2D eigenvalue weighted by Gasteiger charge is 2.07. The fourth-order valence-corrected chi connectivity index (χ4v) is 2.12. The molecule has 0 saturated heterocycles. The zero-order chi connectivity index (χ0) is 13.0. The first-order valence-electron chi connectivity index (χ1n) is 6.38. The smallest absolute Gasteiger partial charge is 0.0570 e. The van der Waals surface area contributed by atoms with E-state index in [4.69, 9.17) is 0 Å². The Morgan fingerprint density at radius 3 is 2.39 bits per heavy atom. The standard InChI is InChI=1S/C16H20N2/c1-12-7-6-8-13(2)15(12)11-18-14(3)16-9-4-5-10-17-16/h4-10,14,18H,11H2,1-3H3/t14-/m1/s1. The summed E-state index contributed by atoms with van der Waals surface area (Å²) in [6, 6.07) is 12.7. The molecule has 18 heavy (non-hydrogen) atoms. The van der Waals surface area contributed by atoms with Crippen LogP contribution < -0.4 is 5.32 Å². The zero-order valence-corrected chi connectivity index (χ0v) is 11.3. The van der Waals surface area contributed by atoms with Crippen LogP contribution in [0.2, 0.25) is 0 Å². The van der Waals surface area contributed by atoms with E-state index in [-0.39, 0.29) is 6.04 Å². The third-order valence-corrected chi connectivity index (χ3v) is 3.36. The van der Waals surface area contributed by atoms with Gasteiger partial charge >= 0.3 is 0 Å². The van der Waals surface area contributed by atoms with Gasteiger partial charge in [-0.3, -0.25) is 4.98 Å². The maximum atomic E-state index is 4.37. The number of nitrogens with one attached hydrogen (secondary N) is 1. The van der Waals surface area contributed by atoms with Crippen LogP contribution in [0.3, 0.4) is 0 Å². The van der Waals surface area contributed by atoms with E-state index >= 15 is 0 Å². The Balaban J connectivity index is 2.04. The number of aryl methyl sites for hydroxylation is 2. The molecular weight excluding hydrogens is 220 g/mol. The summed E-state index contributed by atoms with van der Waals surface area (Å²) in [5, 5.41) is 3.53. The summed E-state index contributed by atoms with van der Waals surface area (Å²) in [5.74, 6) is 0. The number of hydrogen-bond acceptors (Lipinski definition) is 2. The van der Waals surface area contributed by atoms with E-state index in [2.05, 4.69) is 55.3 Å². The van der Waals surface area contributed by atoms with Gasteiger partial charge in [0.2, 0.25) is 0 Å². The average molecular weight is 240 g/mol. The third kappa shape index (κ3) is 2.96. The molecule has 1 aromatic heterocycles. The van der Waals surface area contributed by atoms with Gasteiger partial charge in [-0.1, -0.05) is 24.3 Å². The lowest BCUT2D eigenvalue weighted by molar-refractivity contribution is 0.559. The minimum absolute atomic E-state index is 0.269. The summed E-state index contributed by atoms with van der Waals surface area (Å²) in [4.78, 5) is 4.37. The second-order valence-electron chi connectivity index (χ2n) is 4.73. The van der Waals surface area contributed by atoms with Crippen molar-refractivity contribution in [3.8, 4) is 0 Å². The summed E-state index contributed by atoms with van der Waals surface area (Å²) in [6.45, 7) is 7.36. The van der Waals surface area contributed by atoms with Crippen LogP contribution in [0.25, 0.3) is 0 Å². The van der Waals surface area contributed by atoms with Crippen molar-refractivity contribution < 1.29 is 0 Å². The van der Waals surface area contributed by atoms with Crippen molar-refractivity contribution in [1.82, 2.24) is 10.3 Å². The molecule has 0 spiro atoms.